The molecule has 0 spiro atoms. The Hall–Kier alpha value is -2.30. The zero-order valence-corrected chi connectivity index (χ0v) is 19.3. The molecule has 0 radical (unpaired) electrons. The molecule has 0 aliphatic carbocycles. The first kappa shape index (κ1) is 24.0. The number of benzene rings is 2. The maximum Gasteiger partial charge on any atom is 0.191 e. The molecule has 3 rings (SSSR count). The molecule has 9 heteroatoms. The molecule has 1 atom stereocenters. The summed E-state index contributed by atoms with van der Waals surface area (Å²) in [7, 11) is 1.56. The van der Waals surface area contributed by atoms with Gasteiger partial charge in [0.05, 0.1) is 13.7 Å². The van der Waals surface area contributed by atoms with E-state index in [4.69, 9.17) is 4.74 Å². The Morgan fingerprint density at radius 2 is 2.00 bits per heavy atom. The van der Waals surface area contributed by atoms with Gasteiger partial charge in [-0.15, -0.1) is 24.0 Å². The third kappa shape index (κ3) is 5.87. The van der Waals surface area contributed by atoms with Gasteiger partial charge in [-0.05, 0) is 43.7 Å². The molecule has 1 aliphatic heterocycles. The highest BCUT2D eigenvalue weighted by atomic mass is 127. The lowest BCUT2D eigenvalue weighted by Gasteiger charge is -2.21. The van der Waals surface area contributed by atoms with Gasteiger partial charge in [-0.25, -0.2) is 13.8 Å². The molecule has 164 valence electrons. The van der Waals surface area contributed by atoms with Crippen LogP contribution in [0, 0.1) is 11.6 Å². The predicted octanol–water partition coefficient (Wildman–Crippen LogP) is 3.63. The van der Waals surface area contributed by atoms with Gasteiger partial charge in [0, 0.05) is 31.2 Å². The van der Waals surface area contributed by atoms with Gasteiger partial charge >= 0.3 is 0 Å². The summed E-state index contributed by atoms with van der Waals surface area (Å²) in [6.45, 7) is 3.89. The zero-order chi connectivity index (χ0) is 20.8. The van der Waals surface area contributed by atoms with Crippen LogP contribution in [0.15, 0.2) is 41.4 Å². The number of aromatic hydroxyl groups is 1. The zero-order valence-electron chi connectivity index (χ0n) is 17.0. The fourth-order valence-corrected chi connectivity index (χ4v) is 3.37. The molecular weight excluding hydrogens is 505 g/mol. The number of phenols is 1. The van der Waals surface area contributed by atoms with Crippen molar-refractivity contribution >= 4 is 35.6 Å². The molecule has 1 aliphatic rings. The third-order valence-electron chi connectivity index (χ3n) is 4.82. The molecule has 30 heavy (non-hydrogen) atoms. The minimum absolute atomic E-state index is 0. The SMILES string of the molecule is CCNC(=NCc1cc(OC)ccc1O)NC1CCN(c2c(F)cccc2F)C1.I. The third-order valence-corrected chi connectivity index (χ3v) is 4.82. The second-order valence-corrected chi connectivity index (χ2v) is 6.84. The average Bonchev–Trinajstić information content (AvgIpc) is 3.15. The maximum atomic E-state index is 14.0. The van der Waals surface area contributed by atoms with Gasteiger partial charge in [-0.3, -0.25) is 0 Å². The molecule has 1 fully saturated rings. The molecule has 2 aromatic carbocycles. The second kappa shape index (κ2) is 11.2. The van der Waals surface area contributed by atoms with E-state index in [1.54, 1.807) is 30.2 Å². The summed E-state index contributed by atoms with van der Waals surface area (Å²) in [5, 5.41) is 16.5. The van der Waals surface area contributed by atoms with Crippen LogP contribution < -0.4 is 20.3 Å². The van der Waals surface area contributed by atoms with E-state index >= 15 is 0 Å². The topological polar surface area (TPSA) is 69.1 Å². The lowest BCUT2D eigenvalue weighted by atomic mass is 10.2. The quantitative estimate of drug-likeness (QED) is 0.301. The molecule has 0 amide bonds. The van der Waals surface area contributed by atoms with Crippen LogP contribution in [-0.2, 0) is 6.54 Å². The summed E-state index contributed by atoms with van der Waals surface area (Å²) in [5.41, 5.74) is 0.656. The number of phenolic OH excluding ortho intramolecular Hbond substituents is 1. The molecule has 3 N–H and O–H groups in total. The summed E-state index contributed by atoms with van der Waals surface area (Å²) in [5.74, 6) is 0.256. The van der Waals surface area contributed by atoms with Gasteiger partial charge in [0.25, 0.3) is 0 Å². The van der Waals surface area contributed by atoms with Crippen LogP contribution in [0.5, 0.6) is 11.5 Å². The monoisotopic (exact) mass is 532 g/mol. The van der Waals surface area contributed by atoms with Crippen molar-refractivity contribution in [3.05, 3.63) is 53.6 Å². The van der Waals surface area contributed by atoms with E-state index in [0.29, 0.717) is 36.9 Å². The van der Waals surface area contributed by atoms with Crippen LogP contribution >= 0.6 is 24.0 Å². The lowest BCUT2D eigenvalue weighted by molar-refractivity contribution is 0.411. The highest BCUT2D eigenvalue weighted by molar-refractivity contribution is 14.0. The number of para-hydroxylation sites is 1. The van der Waals surface area contributed by atoms with Crippen LogP contribution in [0.4, 0.5) is 14.5 Å². The second-order valence-electron chi connectivity index (χ2n) is 6.84. The van der Waals surface area contributed by atoms with E-state index in [1.807, 2.05) is 6.92 Å². The minimum atomic E-state index is -0.556. The molecule has 1 heterocycles. The lowest BCUT2D eigenvalue weighted by Crippen LogP contribution is -2.44. The standard InChI is InChI=1S/C21H26F2N4O2.HI/c1-3-24-21(25-12-14-11-16(29-2)7-8-19(14)28)26-15-9-10-27(13-15)20-17(22)5-4-6-18(20)23;/h4-8,11,15,28H,3,9-10,12-13H2,1-2H3,(H2,24,25,26);1H. The van der Waals surface area contributed by atoms with E-state index in [-0.39, 0.29) is 48.0 Å². The van der Waals surface area contributed by atoms with Crippen molar-refractivity contribution in [3.8, 4) is 11.5 Å². The Kier molecular flexibility index (Phi) is 8.94. The number of rotatable bonds is 6. The highest BCUT2D eigenvalue weighted by Gasteiger charge is 2.27. The number of methoxy groups -OCH3 is 1. The summed E-state index contributed by atoms with van der Waals surface area (Å²) in [4.78, 5) is 6.24. The van der Waals surface area contributed by atoms with Gasteiger partial charge in [0.15, 0.2) is 5.96 Å². The normalized spacial score (nSPS) is 16.2. The van der Waals surface area contributed by atoms with E-state index in [0.717, 1.165) is 6.42 Å². The van der Waals surface area contributed by atoms with Crippen LogP contribution in [0.25, 0.3) is 0 Å². The van der Waals surface area contributed by atoms with Crippen molar-refractivity contribution in [2.45, 2.75) is 25.9 Å². The van der Waals surface area contributed by atoms with Crippen molar-refractivity contribution in [1.29, 1.82) is 0 Å². The number of aliphatic imine (C=N–C) groups is 1. The summed E-state index contributed by atoms with van der Waals surface area (Å²) in [6.07, 6.45) is 0.725. The van der Waals surface area contributed by atoms with Gasteiger partial charge in [0.2, 0.25) is 0 Å². The van der Waals surface area contributed by atoms with E-state index < -0.39 is 11.6 Å². The molecule has 0 saturated carbocycles. The molecular formula is C21H27F2IN4O2. The molecule has 2 aromatic rings. The number of ether oxygens (including phenoxy) is 1. The Labute approximate surface area is 192 Å². The van der Waals surface area contributed by atoms with E-state index in [2.05, 4.69) is 15.6 Å². The van der Waals surface area contributed by atoms with Crippen molar-refractivity contribution in [1.82, 2.24) is 10.6 Å². The summed E-state index contributed by atoms with van der Waals surface area (Å²) in [6, 6.07) is 8.88. The highest BCUT2D eigenvalue weighted by Crippen LogP contribution is 2.27. The number of nitrogens with zero attached hydrogens (tertiary/aromatic N) is 2. The van der Waals surface area contributed by atoms with E-state index in [1.165, 1.54) is 18.2 Å². The fourth-order valence-electron chi connectivity index (χ4n) is 3.37. The molecule has 1 saturated heterocycles. The van der Waals surface area contributed by atoms with Crippen molar-refractivity contribution in [2.75, 3.05) is 31.6 Å². The average molecular weight is 532 g/mol. The molecule has 1 unspecified atom stereocenters. The number of hydrogen-bond donors (Lipinski definition) is 3. The number of nitrogens with one attached hydrogen (secondary N) is 2. The van der Waals surface area contributed by atoms with Crippen molar-refractivity contribution < 1.29 is 18.6 Å². The first-order valence-corrected chi connectivity index (χ1v) is 9.61. The first-order valence-electron chi connectivity index (χ1n) is 9.61. The maximum absolute atomic E-state index is 14.0. The number of guanidine groups is 1. The summed E-state index contributed by atoms with van der Waals surface area (Å²) >= 11 is 0. The number of anilines is 1. The Balaban J connectivity index is 0.00000320. The minimum Gasteiger partial charge on any atom is -0.508 e. The van der Waals surface area contributed by atoms with Gasteiger partial charge < -0.3 is 25.4 Å². The van der Waals surface area contributed by atoms with Gasteiger partial charge in [-0.1, -0.05) is 6.07 Å². The largest absolute Gasteiger partial charge is 0.508 e. The van der Waals surface area contributed by atoms with Crippen LogP contribution in [0.1, 0.15) is 18.9 Å². The predicted molar refractivity (Wildman–Crippen MR) is 125 cm³/mol. The van der Waals surface area contributed by atoms with Gasteiger partial charge in [-0.2, -0.15) is 0 Å². The van der Waals surface area contributed by atoms with E-state index in [9.17, 15) is 13.9 Å². The Morgan fingerprint density at radius 3 is 2.67 bits per heavy atom. The van der Waals surface area contributed by atoms with Crippen LogP contribution in [-0.4, -0.2) is 43.9 Å². The number of halogens is 3. The Morgan fingerprint density at radius 1 is 1.27 bits per heavy atom. The Bertz CT molecular complexity index is 862. The van der Waals surface area contributed by atoms with Gasteiger partial charge in [0.1, 0.15) is 28.8 Å². The van der Waals surface area contributed by atoms with Crippen LogP contribution in [0.3, 0.4) is 0 Å². The molecule has 0 bridgehead atoms. The van der Waals surface area contributed by atoms with Crippen molar-refractivity contribution in [3.63, 3.8) is 0 Å². The van der Waals surface area contributed by atoms with Crippen LogP contribution in [0.2, 0.25) is 0 Å². The summed E-state index contributed by atoms with van der Waals surface area (Å²) < 4.78 is 33.3. The molecule has 0 aromatic heterocycles. The number of hydrogen-bond acceptors (Lipinski definition) is 4. The fraction of sp³-hybridized carbons (Fsp3) is 0.381. The van der Waals surface area contributed by atoms with Crippen molar-refractivity contribution in [2.24, 2.45) is 4.99 Å². The smallest absolute Gasteiger partial charge is 0.191 e. The first-order chi connectivity index (χ1) is 14.0. The molecule has 6 nitrogen and oxygen atoms in total.